The maximum absolute atomic E-state index is 12.0. The van der Waals surface area contributed by atoms with Crippen LogP contribution in [0.1, 0.15) is 71.1 Å². The zero-order chi connectivity index (χ0) is 14.8. The molecular weight excluding hydrogens is 254 g/mol. The van der Waals surface area contributed by atoms with Crippen molar-refractivity contribution in [3.05, 3.63) is 0 Å². The third-order valence-corrected chi connectivity index (χ3v) is 4.24. The second-order valence-electron chi connectivity index (χ2n) is 5.88. The number of nitrogens with one attached hydrogen (secondary N) is 1. The molecule has 0 unspecified atom stereocenters. The van der Waals surface area contributed by atoms with Gasteiger partial charge in [0.25, 0.3) is 0 Å². The van der Waals surface area contributed by atoms with Crippen LogP contribution >= 0.6 is 0 Å². The Hall–Kier alpha value is -1.06. The molecule has 1 N–H and O–H groups in total. The molecular formula is C16H28NO3-. The van der Waals surface area contributed by atoms with Gasteiger partial charge >= 0.3 is 0 Å². The van der Waals surface area contributed by atoms with E-state index < -0.39 is 11.9 Å². The highest BCUT2D eigenvalue weighted by molar-refractivity contribution is 5.84. The molecule has 4 heteroatoms. The molecule has 1 rings (SSSR count). The van der Waals surface area contributed by atoms with Crippen molar-refractivity contribution in [3.63, 3.8) is 0 Å². The lowest BCUT2D eigenvalue weighted by molar-refractivity contribution is -0.314. The molecule has 1 saturated carbocycles. The summed E-state index contributed by atoms with van der Waals surface area (Å²) in [5, 5.41) is 14.0. The molecule has 0 spiro atoms. The molecule has 116 valence electrons. The van der Waals surface area contributed by atoms with Crippen molar-refractivity contribution >= 4 is 11.9 Å². The molecule has 1 aliphatic carbocycles. The van der Waals surface area contributed by atoms with Crippen LogP contribution in [0.4, 0.5) is 0 Å². The minimum absolute atomic E-state index is 0.0903. The van der Waals surface area contributed by atoms with Gasteiger partial charge in [0.05, 0.1) is 0 Å². The zero-order valence-electron chi connectivity index (χ0n) is 12.7. The van der Waals surface area contributed by atoms with Crippen molar-refractivity contribution in [1.82, 2.24) is 5.32 Å². The molecule has 0 aromatic heterocycles. The van der Waals surface area contributed by atoms with Crippen molar-refractivity contribution in [2.45, 2.75) is 71.1 Å². The SMILES string of the molecule is CCCCCCCCNC(=O)[C@@H]1CCCC[C@H]1C(=O)[O-]. The van der Waals surface area contributed by atoms with Gasteiger partial charge in [-0.3, -0.25) is 4.79 Å². The highest BCUT2D eigenvalue weighted by atomic mass is 16.4. The number of carboxylic acids is 1. The second-order valence-corrected chi connectivity index (χ2v) is 5.88. The van der Waals surface area contributed by atoms with E-state index in [1.165, 1.54) is 25.7 Å². The summed E-state index contributed by atoms with van der Waals surface area (Å²) in [7, 11) is 0. The third kappa shape index (κ3) is 5.93. The van der Waals surface area contributed by atoms with E-state index in [1.807, 2.05) is 0 Å². The minimum atomic E-state index is -1.07. The summed E-state index contributed by atoms with van der Waals surface area (Å²) in [6, 6.07) is 0. The van der Waals surface area contributed by atoms with Gasteiger partial charge in [0.1, 0.15) is 0 Å². The van der Waals surface area contributed by atoms with E-state index in [4.69, 9.17) is 0 Å². The largest absolute Gasteiger partial charge is 0.550 e. The standard InChI is InChI=1S/C16H29NO3/c1-2-3-4-5-6-9-12-17-15(18)13-10-7-8-11-14(13)16(19)20/h13-14H,2-12H2,1H3,(H,17,18)(H,19,20)/p-1/t13-,14-/m1/s1. The van der Waals surface area contributed by atoms with E-state index in [-0.39, 0.29) is 11.8 Å². The molecule has 0 heterocycles. The molecule has 0 aliphatic heterocycles. The fourth-order valence-corrected chi connectivity index (χ4v) is 2.97. The predicted octanol–water partition coefficient (Wildman–Crippen LogP) is 2.02. The number of hydrogen-bond donors (Lipinski definition) is 1. The van der Waals surface area contributed by atoms with Crippen LogP contribution in [0, 0.1) is 11.8 Å². The van der Waals surface area contributed by atoms with E-state index in [9.17, 15) is 14.7 Å². The number of aliphatic carboxylic acids is 1. The first kappa shape index (κ1) is 17.0. The summed E-state index contributed by atoms with van der Waals surface area (Å²) in [6.45, 7) is 2.86. The fraction of sp³-hybridized carbons (Fsp3) is 0.875. The van der Waals surface area contributed by atoms with Gasteiger partial charge in [-0.25, -0.2) is 0 Å². The van der Waals surface area contributed by atoms with Crippen LogP contribution in [-0.2, 0) is 9.59 Å². The maximum atomic E-state index is 12.0. The van der Waals surface area contributed by atoms with Crippen molar-refractivity contribution < 1.29 is 14.7 Å². The Morgan fingerprint density at radius 3 is 2.25 bits per heavy atom. The monoisotopic (exact) mass is 282 g/mol. The predicted molar refractivity (Wildman–Crippen MR) is 76.8 cm³/mol. The van der Waals surface area contributed by atoms with Gasteiger partial charge in [-0.2, -0.15) is 0 Å². The molecule has 0 radical (unpaired) electrons. The topological polar surface area (TPSA) is 69.2 Å². The van der Waals surface area contributed by atoms with Crippen LogP contribution in [-0.4, -0.2) is 18.4 Å². The molecule has 1 fully saturated rings. The van der Waals surface area contributed by atoms with Crippen molar-refractivity contribution in [3.8, 4) is 0 Å². The number of carbonyl (C=O) groups excluding carboxylic acids is 2. The van der Waals surface area contributed by atoms with E-state index >= 15 is 0 Å². The third-order valence-electron chi connectivity index (χ3n) is 4.24. The van der Waals surface area contributed by atoms with Crippen LogP contribution in [0.25, 0.3) is 0 Å². The molecule has 0 aromatic carbocycles. The molecule has 0 saturated heterocycles. The molecule has 1 aliphatic rings. The lowest BCUT2D eigenvalue weighted by Gasteiger charge is -2.31. The first-order valence-corrected chi connectivity index (χ1v) is 8.15. The Labute approximate surface area is 122 Å². The zero-order valence-corrected chi connectivity index (χ0v) is 12.7. The summed E-state index contributed by atoms with van der Waals surface area (Å²) in [6.07, 6.45) is 10.2. The lowest BCUT2D eigenvalue weighted by Crippen LogP contribution is -2.44. The smallest absolute Gasteiger partial charge is 0.223 e. The van der Waals surface area contributed by atoms with Crippen molar-refractivity contribution in [2.75, 3.05) is 6.54 Å². The number of hydrogen-bond acceptors (Lipinski definition) is 3. The molecule has 0 aromatic rings. The average Bonchev–Trinajstić information content (AvgIpc) is 2.46. The Kier molecular flexibility index (Phi) is 8.31. The van der Waals surface area contributed by atoms with E-state index in [2.05, 4.69) is 12.2 Å². The van der Waals surface area contributed by atoms with Gasteiger partial charge in [-0.15, -0.1) is 0 Å². The van der Waals surface area contributed by atoms with Gasteiger partial charge in [0.2, 0.25) is 5.91 Å². The normalized spacial score (nSPS) is 22.4. The van der Waals surface area contributed by atoms with Crippen molar-refractivity contribution in [1.29, 1.82) is 0 Å². The first-order chi connectivity index (χ1) is 9.66. The summed E-state index contributed by atoms with van der Waals surface area (Å²) >= 11 is 0. The Morgan fingerprint density at radius 1 is 1.00 bits per heavy atom. The molecule has 2 atom stereocenters. The summed E-state index contributed by atoms with van der Waals surface area (Å²) in [5.74, 6) is -2.13. The highest BCUT2D eigenvalue weighted by Crippen LogP contribution is 2.29. The minimum Gasteiger partial charge on any atom is -0.550 e. The molecule has 20 heavy (non-hydrogen) atoms. The van der Waals surface area contributed by atoms with Gasteiger partial charge in [-0.1, -0.05) is 51.9 Å². The van der Waals surface area contributed by atoms with Gasteiger partial charge in [-0.05, 0) is 19.3 Å². The number of amides is 1. The van der Waals surface area contributed by atoms with Gasteiger partial charge in [0, 0.05) is 24.3 Å². The lowest BCUT2D eigenvalue weighted by atomic mass is 9.78. The Bertz CT molecular complexity index is 304. The number of carbonyl (C=O) groups is 2. The molecule has 0 bridgehead atoms. The Morgan fingerprint density at radius 2 is 1.60 bits per heavy atom. The quantitative estimate of drug-likeness (QED) is 0.658. The summed E-state index contributed by atoms with van der Waals surface area (Å²) in [4.78, 5) is 23.1. The fourth-order valence-electron chi connectivity index (χ4n) is 2.97. The van der Waals surface area contributed by atoms with E-state index in [1.54, 1.807) is 0 Å². The van der Waals surface area contributed by atoms with E-state index in [0.29, 0.717) is 19.4 Å². The van der Waals surface area contributed by atoms with Crippen LogP contribution in [0.2, 0.25) is 0 Å². The average molecular weight is 282 g/mol. The number of rotatable bonds is 9. The summed E-state index contributed by atoms with van der Waals surface area (Å²) < 4.78 is 0. The van der Waals surface area contributed by atoms with Crippen LogP contribution in [0.15, 0.2) is 0 Å². The summed E-state index contributed by atoms with van der Waals surface area (Å²) in [5.41, 5.74) is 0. The Balaban J connectivity index is 2.19. The van der Waals surface area contributed by atoms with Gasteiger partial charge in [0.15, 0.2) is 0 Å². The number of unbranched alkanes of at least 4 members (excludes halogenated alkanes) is 5. The highest BCUT2D eigenvalue weighted by Gasteiger charge is 2.31. The van der Waals surface area contributed by atoms with Gasteiger partial charge < -0.3 is 15.2 Å². The molecule has 1 amide bonds. The second kappa shape index (κ2) is 9.78. The molecule has 4 nitrogen and oxygen atoms in total. The maximum Gasteiger partial charge on any atom is 0.223 e. The van der Waals surface area contributed by atoms with Crippen LogP contribution in [0.5, 0.6) is 0 Å². The van der Waals surface area contributed by atoms with Crippen LogP contribution in [0.3, 0.4) is 0 Å². The number of carboxylic acid groups (broad SMARTS) is 1. The van der Waals surface area contributed by atoms with Crippen molar-refractivity contribution in [2.24, 2.45) is 11.8 Å². The first-order valence-electron chi connectivity index (χ1n) is 8.15. The van der Waals surface area contributed by atoms with Crippen LogP contribution < -0.4 is 10.4 Å². The van der Waals surface area contributed by atoms with E-state index in [0.717, 1.165) is 25.7 Å².